The van der Waals surface area contributed by atoms with E-state index in [1.165, 1.54) is 6.92 Å². The predicted octanol–water partition coefficient (Wildman–Crippen LogP) is 2.36. The Morgan fingerprint density at radius 1 is 1.20 bits per heavy atom. The van der Waals surface area contributed by atoms with Crippen LogP contribution in [0.3, 0.4) is 0 Å². The third kappa shape index (κ3) is 5.88. The monoisotopic (exact) mass is 236 g/mol. The molecule has 15 heavy (non-hydrogen) atoms. The summed E-state index contributed by atoms with van der Waals surface area (Å²) in [6.07, 6.45) is -5.64. The van der Waals surface area contributed by atoms with Gasteiger partial charge in [-0.1, -0.05) is 0 Å². The highest BCUT2D eigenvalue weighted by Crippen LogP contribution is 2.35. The van der Waals surface area contributed by atoms with Crippen LogP contribution in [0.4, 0.5) is 22.0 Å². The average Bonchev–Trinajstić information content (AvgIpc) is 2.00. The van der Waals surface area contributed by atoms with Gasteiger partial charge in [-0.15, -0.1) is 0 Å². The fourth-order valence-corrected chi connectivity index (χ4v) is 0.763. The lowest BCUT2D eigenvalue weighted by molar-refractivity contribution is -0.296. The Balaban J connectivity index is 3.68. The van der Waals surface area contributed by atoms with Crippen LogP contribution in [0.25, 0.3) is 0 Å². The molecule has 0 heterocycles. The topological polar surface area (TPSA) is 29.5 Å². The van der Waals surface area contributed by atoms with E-state index in [0.29, 0.717) is 6.42 Å². The van der Waals surface area contributed by atoms with E-state index in [1.54, 1.807) is 0 Å². The van der Waals surface area contributed by atoms with Crippen LogP contribution in [0, 0.1) is 0 Å². The predicted molar refractivity (Wildman–Crippen MR) is 42.7 cm³/mol. The molecule has 0 aliphatic carbocycles. The third-order valence-electron chi connectivity index (χ3n) is 1.61. The summed E-state index contributed by atoms with van der Waals surface area (Å²) in [6, 6.07) is 0. The minimum absolute atomic E-state index is 0.226. The molecule has 92 valence electrons. The van der Waals surface area contributed by atoms with Crippen molar-refractivity contribution in [2.45, 2.75) is 38.0 Å². The Hall–Kier alpha value is -0.430. The Bertz CT molecular complexity index is 178. The first-order chi connectivity index (χ1) is 6.67. The molecule has 1 atom stereocenters. The Kier molecular flexibility index (Phi) is 5.44. The minimum Gasteiger partial charge on any atom is -0.393 e. The molecule has 0 aromatic carbocycles. The normalized spacial score (nSPS) is 15.4. The van der Waals surface area contributed by atoms with Gasteiger partial charge in [0, 0.05) is 6.61 Å². The SMILES string of the molecule is CC(O)CCCOCC(F)(F)C(F)(F)F. The zero-order valence-electron chi connectivity index (χ0n) is 8.15. The van der Waals surface area contributed by atoms with Crippen LogP contribution >= 0.6 is 0 Å². The van der Waals surface area contributed by atoms with Crippen LogP contribution in [0.15, 0.2) is 0 Å². The Morgan fingerprint density at radius 2 is 1.73 bits per heavy atom. The summed E-state index contributed by atoms with van der Waals surface area (Å²) >= 11 is 0. The number of aliphatic hydroxyl groups is 1. The molecule has 1 N–H and O–H groups in total. The standard InChI is InChI=1S/C8H13F5O2/c1-6(14)3-2-4-15-5-7(9,10)8(11,12)13/h6,14H,2-5H2,1H3. The maximum Gasteiger partial charge on any atom is 0.455 e. The first-order valence-corrected chi connectivity index (χ1v) is 4.37. The molecule has 0 saturated carbocycles. The smallest absolute Gasteiger partial charge is 0.393 e. The molecule has 0 rings (SSSR count). The maximum absolute atomic E-state index is 12.2. The van der Waals surface area contributed by atoms with E-state index in [9.17, 15) is 22.0 Å². The third-order valence-corrected chi connectivity index (χ3v) is 1.61. The van der Waals surface area contributed by atoms with Gasteiger partial charge in [0.1, 0.15) is 6.61 Å². The Morgan fingerprint density at radius 3 is 2.13 bits per heavy atom. The largest absolute Gasteiger partial charge is 0.455 e. The van der Waals surface area contributed by atoms with E-state index in [0.717, 1.165) is 0 Å². The number of alkyl halides is 5. The molecule has 0 amide bonds. The fourth-order valence-electron chi connectivity index (χ4n) is 0.763. The van der Waals surface area contributed by atoms with E-state index in [-0.39, 0.29) is 13.0 Å². The van der Waals surface area contributed by atoms with Crippen molar-refractivity contribution in [2.24, 2.45) is 0 Å². The zero-order valence-corrected chi connectivity index (χ0v) is 8.15. The van der Waals surface area contributed by atoms with Crippen LogP contribution in [0.1, 0.15) is 19.8 Å². The first-order valence-electron chi connectivity index (χ1n) is 4.37. The number of ether oxygens (including phenoxy) is 1. The highest BCUT2D eigenvalue weighted by molar-refractivity contribution is 4.74. The molecule has 0 radical (unpaired) electrons. The number of halogens is 5. The van der Waals surface area contributed by atoms with E-state index in [2.05, 4.69) is 4.74 Å². The van der Waals surface area contributed by atoms with E-state index in [1.807, 2.05) is 0 Å². The van der Waals surface area contributed by atoms with Gasteiger partial charge in [0.2, 0.25) is 0 Å². The summed E-state index contributed by atoms with van der Waals surface area (Å²) in [7, 11) is 0. The summed E-state index contributed by atoms with van der Waals surface area (Å²) < 4.78 is 63.4. The van der Waals surface area contributed by atoms with Crippen molar-refractivity contribution in [3.05, 3.63) is 0 Å². The number of rotatable bonds is 6. The molecule has 1 unspecified atom stereocenters. The van der Waals surface area contributed by atoms with Gasteiger partial charge in [-0.05, 0) is 19.8 Å². The zero-order chi connectivity index (χ0) is 12.1. The lowest BCUT2D eigenvalue weighted by Crippen LogP contribution is -2.40. The molecule has 0 fully saturated rings. The number of aliphatic hydroxyl groups excluding tert-OH is 1. The Labute approximate surface area is 84.0 Å². The quantitative estimate of drug-likeness (QED) is 0.566. The molecule has 0 aliphatic rings. The summed E-state index contributed by atoms with van der Waals surface area (Å²) in [5.41, 5.74) is 0. The molecule has 7 heteroatoms. The fraction of sp³-hybridized carbons (Fsp3) is 1.00. The van der Waals surface area contributed by atoms with Crippen LogP contribution in [0.5, 0.6) is 0 Å². The second-order valence-corrected chi connectivity index (χ2v) is 3.25. The molecule has 0 saturated heterocycles. The highest BCUT2D eigenvalue weighted by Gasteiger charge is 2.57. The van der Waals surface area contributed by atoms with Gasteiger partial charge in [0.15, 0.2) is 0 Å². The maximum atomic E-state index is 12.2. The van der Waals surface area contributed by atoms with Crippen LogP contribution in [-0.2, 0) is 4.74 Å². The number of hydrogen-bond acceptors (Lipinski definition) is 2. The molecular weight excluding hydrogens is 223 g/mol. The molecule has 0 aliphatic heterocycles. The van der Waals surface area contributed by atoms with Crippen LogP contribution < -0.4 is 0 Å². The highest BCUT2D eigenvalue weighted by atomic mass is 19.4. The van der Waals surface area contributed by atoms with E-state index >= 15 is 0 Å². The molecule has 0 bridgehead atoms. The van der Waals surface area contributed by atoms with Crippen molar-refractivity contribution in [3.8, 4) is 0 Å². The second-order valence-electron chi connectivity index (χ2n) is 3.25. The average molecular weight is 236 g/mol. The first kappa shape index (κ1) is 14.6. The second kappa shape index (κ2) is 5.60. The molecular formula is C8H13F5O2. The van der Waals surface area contributed by atoms with Crippen molar-refractivity contribution in [2.75, 3.05) is 13.2 Å². The van der Waals surface area contributed by atoms with Gasteiger partial charge in [-0.2, -0.15) is 22.0 Å². The number of hydrogen-bond donors (Lipinski definition) is 1. The van der Waals surface area contributed by atoms with Crippen molar-refractivity contribution < 1.29 is 31.8 Å². The summed E-state index contributed by atoms with van der Waals surface area (Å²) in [5.74, 6) is -4.81. The van der Waals surface area contributed by atoms with Crippen LogP contribution in [0.2, 0.25) is 0 Å². The van der Waals surface area contributed by atoms with Gasteiger partial charge in [0.05, 0.1) is 6.10 Å². The van der Waals surface area contributed by atoms with E-state index in [4.69, 9.17) is 5.11 Å². The van der Waals surface area contributed by atoms with Crippen molar-refractivity contribution >= 4 is 0 Å². The molecule has 0 aromatic rings. The van der Waals surface area contributed by atoms with Crippen LogP contribution in [-0.4, -0.2) is 36.5 Å². The summed E-state index contributed by atoms with van der Waals surface area (Å²) in [6.45, 7) is -0.406. The molecule has 2 nitrogen and oxygen atoms in total. The lowest BCUT2D eigenvalue weighted by atomic mass is 10.2. The summed E-state index contributed by atoms with van der Waals surface area (Å²) in [5, 5.41) is 8.76. The van der Waals surface area contributed by atoms with Crippen molar-refractivity contribution in [1.82, 2.24) is 0 Å². The van der Waals surface area contributed by atoms with Gasteiger partial charge >= 0.3 is 12.1 Å². The van der Waals surface area contributed by atoms with Gasteiger partial charge in [-0.3, -0.25) is 0 Å². The van der Waals surface area contributed by atoms with Gasteiger partial charge in [-0.25, -0.2) is 0 Å². The van der Waals surface area contributed by atoms with Gasteiger partial charge < -0.3 is 9.84 Å². The van der Waals surface area contributed by atoms with E-state index < -0.39 is 24.8 Å². The molecule has 0 aromatic heterocycles. The molecule has 0 spiro atoms. The lowest BCUT2D eigenvalue weighted by Gasteiger charge is -2.19. The summed E-state index contributed by atoms with van der Waals surface area (Å²) in [4.78, 5) is 0. The van der Waals surface area contributed by atoms with Crippen molar-refractivity contribution in [1.29, 1.82) is 0 Å². The minimum atomic E-state index is -5.57. The van der Waals surface area contributed by atoms with Gasteiger partial charge in [0.25, 0.3) is 0 Å². The van der Waals surface area contributed by atoms with Crippen molar-refractivity contribution in [3.63, 3.8) is 0 Å².